The van der Waals surface area contributed by atoms with Gasteiger partial charge in [0.1, 0.15) is 6.04 Å². The van der Waals surface area contributed by atoms with Crippen molar-refractivity contribution >= 4 is 29.1 Å². The number of halogens is 1. The summed E-state index contributed by atoms with van der Waals surface area (Å²) in [5.41, 5.74) is 1.56. The highest BCUT2D eigenvalue weighted by molar-refractivity contribution is 6.30. The zero-order valence-electron chi connectivity index (χ0n) is 12.7. The second kappa shape index (κ2) is 6.58. The SMILES string of the molecule is C[C@@H](NC(=O)[C@H]1CC(c2ccc(Cl)cc2)=NO1)C(=O)NC1CC1. The van der Waals surface area contributed by atoms with Gasteiger partial charge in [0.2, 0.25) is 12.0 Å². The quantitative estimate of drug-likeness (QED) is 0.858. The number of benzene rings is 1. The lowest BCUT2D eigenvalue weighted by molar-refractivity contribution is -0.135. The second-order valence-corrected chi connectivity index (χ2v) is 6.29. The van der Waals surface area contributed by atoms with E-state index in [2.05, 4.69) is 15.8 Å². The number of rotatable bonds is 5. The van der Waals surface area contributed by atoms with E-state index >= 15 is 0 Å². The first-order chi connectivity index (χ1) is 11.0. The molecule has 1 aliphatic carbocycles. The van der Waals surface area contributed by atoms with Crippen molar-refractivity contribution in [1.29, 1.82) is 0 Å². The first-order valence-electron chi connectivity index (χ1n) is 7.62. The predicted molar refractivity (Wildman–Crippen MR) is 86.2 cm³/mol. The molecule has 1 heterocycles. The fourth-order valence-corrected chi connectivity index (χ4v) is 2.38. The monoisotopic (exact) mass is 335 g/mol. The van der Waals surface area contributed by atoms with E-state index < -0.39 is 12.1 Å². The maximum absolute atomic E-state index is 12.2. The van der Waals surface area contributed by atoms with Crippen LogP contribution in [0, 0.1) is 0 Å². The Hall–Kier alpha value is -2.08. The zero-order chi connectivity index (χ0) is 16.4. The molecule has 1 fully saturated rings. The fraction of sp³-hybridized carbons (Fsp3) is 0.438. The lowest BCUT2D eigenvalue weighted by Crippen LogP contribution is -2.48. The van der Waals surface area contributed by atoms with Gasteiger partial charge in [-0.05, 0) is 37.5 Å². The van der Waals surface area contributed by atoms with E-state index in [1.807, 2.05) is 12.1 Å². The standard InChI is InChI=1S/C16H18ClN3O3/c1-9(15(21)19-12-6-7-12)18-16(22)14-8-13(20-23-14)10-2-4-11(17)5-3-10/h2-5,9,12,14H,6-8H2,1H3,(H,18,22)(H,19,21)/t9-,14-/m1/s1. The Morgan fingerprint density at radius 2 is 2.00 bits per heavy atom. The fourth-order valence-electron chi connectivity index (χ4n) is 2.26. The van der Waals surface area contributed by atoms with Crippen molar-refractivity contribution in [3.05, 3.63) is 34.9 Å². The van der Waals surface area contributed by atoms with Gasteiger partial charge in [0.05, 0.1) is 5.71 Å². The van der Waals surface area contributed by atoms with Crippen LogP contribution in [0.1, 0.15) is 31.7 Å². The van der Waals surface area contributed by atoms with E-state index in [-0.39, 0.29) is 17.9 Å². The summed E-state index contributed by atoms with van der Waals surface area (Å²) in [4.78, 5) is 29.2. The number of carbonyl (C=O) groups excluding carboxylic acids is 2. The molecule has 2 aliphatic rings. The number of hydrogen-bond acceptors (Lipinski definition) is 4. The van der Waals surface area contributed by atoms with Gasteiger partial charge in [-0.25, -0.2) is 0 Å². The molecule has 0 aromatic heterocycles. The molecule has 1 aromatic rings. The van der Waals surface area contributed by atoms with E-state index in [0.717, 1.165) is 18.4 Å². The van der Waals surface area contributed by atoms with E-state index in [0.29, 0.717) is 17.2 Å². The van der Waals surface area contributed by atoms with Crippen LogP contribution in [0.15, 0.2) is 29.4 Å². The number of oxime groups is 1. The summed E-state index contributed by atoms with van der Waals surface area (Å²) in [5.74, 6) is -0.506. The first kappa shape index (κ1) is 15.8. The van der Waals surface area contributed by atoms with E-state index in [4.69, 9.17) is 16.4 Å². The molecule has 0 radical (unpaired) electrons. The third-order valence-corrected chi connectivity index (χ3v) is 4.07. The molecule has 3 rings (SSSR count). The van der Waals surface area contributed by atoms with Crippen LogP contribution in [0.4, 0.5) is 0 Å². The maximum atomic E-state index is 12.2. The molecular formula is C16H18ClN3O3. The van der Waals surface area contributed by atoms with Crippen LogP contribution >= 0.6 is 11.6 Å². The van der Waals surface area contributed by atoms with Crippen LogP contribution in [0.3, 0.4) is 0 Å². The normalized spacial score (nSPS) is 21.1. The smallest absolute Gasteiger partial charge is 0.264 e. The summed E-state index contributed by atoms with van der Waals surface area (Å²) in [6.07, 6.45) is 1.67. The molecule has 2 N–H and O–H groups in total. The topological polar surface area (TPSA) is 79.8 Å². The maximum Gasteiger partial charge on any atom is 0.264 e. The molecule has 2 atom stereocenters. The molecule has 2 amide bonds. The van der Waals surface area contributed by atoms with Crippen molar-refractivity contribution in [2.24, 2.45) is 5.16 Å². The molecule has 7 heteroatoms. The first-order valence-corrected chi connectivity index (χ1v) is 8.00. The van der Waals surface area contributed by atoms with Crippen LogP contribution < -0.4 is 10.6 Å². The molecule has 0 spiro atoms. The lowest BCUT2D eigenvalue weighted by atomic mass is 10.0. The average molecular weight is 336 g/mol. The molecule has 1 saturated carbocycles. The Labute approximate surface area is 139 Å². The van der Waals surface area contributed by atoms with Crippen LogP contribution in [-0.4, -0.2) is 35.7 Å². The molecule has 6 nitrogen and oxygen atoms in total. The summed E-state index contributed by atoms with van der Waals surface area (Å²) in [5, 5.41) is 10.1. The van der Waals surface area contributed by atoms with Crippen molar-refractivity contribution in [3.8, 4) is 0 Å². The summed E-state index contributed by atoms with van der Waals surface area (Å²) in [6, 6.07) is 6.86. The van der Waals surface area contributed by atoms with Crippen molar-refractivity contribution in [1.82, 2.24) is 10.6 Å². The van der Waals surface area contributed by atoms with Crippen molar-refractivity contribution in [2.45, 2.75) is 44.4 Å². The largest absolute Gasteiger partial charge is 0.382 e. The van der Waals surface area contributed by atoms with E-state index in [1.165, 1.54) is 0 Å². The molecule has 23 heavy (non-hydrogen) atoms. The highest BCUT2D eigenvalue weighted by Crippen LogP contribution is 2.20. The number of carbonyl (C=O) groups is 2. The van der Waals surface area contributed by atoms with Crippen LogP contribution in [0.5, 0.6) is 0 Å². The minimum absolute atomic E-state index is 0.169. The molecule has 1 aromatic carbocycles. The van der Waals surface area contributed by atoms with Gasteiger partial charge in [-0.1, -0.05) is 28.9 Å². The van der Waals surface area contributed by atoms with Gasteiger partial charge in [-0.3, -0.25) is 9.59 Å². The van der Waals surface area contributed by atoms with Gasteiger partial charge < -0.3 is 15.5 Å². The zero-order valence-corrected chi connectivity index (χ0v) is 13.5. The van der Waals surface area contributed by atoms with E-state index in [9.17, 15) is 9.59 Å². The van der Waals surface area contributed by atoms with Crippen LogP contribution in [-0.2, 0) is 14.4 Å². The third kappa shape index (κ3) is 4.01. The Morgan fingerprint density at radius 3 is 2.65 bits per heavy atom. The molecule has 122 valence electrons. The van der Waals surface area contributed by atoms with E-state index in [1.54, 1.807) is 19.1 Å². The predicted octanol–water partition coefficient (Wildman–Crippen LogP) is 1.62. The Kier molecular flexibility index (Phi) is 4.52. The van der Waals surface area contributed by atoms with Gasteiger partial charge in [-0.15, -0.1) is 0 Å². The third-order valence-electron chi connectivity index (χ3n) is 3.81. The van der Waals surface area contributed by atoms with Crippen LogP contribution in [0.2, 0.25) is 5.02 Å². The summed E-state index contributed by atoms with van der Waals surface area (Å²) in [7, 11) is 0. The number of amides is 2. The molecule has 1 aliphatic heterocycles. The highest BCUT2D eigenvalue weighted by Gasteiger charge is 2.32. The summed E-state index contributed by atoms with van der Waals surface area (Å²) >= 11 is 5.85. The van der Waals surface area contributed by atoms with Crippen molar-refractivity contribution in [3.63, 3.8) is 0 Å². The van der Waals surface area contributed by atoms with Gasteiger partial charge in [-0.2, -0.15) is 0 Å². The van der Waals surface area contributed by atoms with Gasteiger partial charge in [0.15, 0.2) is 0 Å². The van der Waals surface area contributed by atoms with Crippen LogP contribution in [0.25, 0.3) is 0 Å². The van der Waals surface area contributed by atoms with Gasteiger partial charge in [0.25, 0.3) is 5.91 Å². The number of hydrogen-bond donors (Lipinski definition) is 2. The number of nitrogens with zero attached hydrogens (tertiary/aromatic N) is 1. The molecule has 0 saturated heterocycles. The highest BCUT2D eigenvalue weighted by atomic mass is 35.5. The summed E-state index contributed by atoms with van der Waals surface area (Å²) in [6.45, 7) is 1.66. The van der Waals surface area contributed by atoms with Gasteiger partial charge >= 0.3 is 0 Å². The molecular weight excluding hydrogens is 318 g/mol. The average Bonchev–Trinajstić information content (AvgIpc) is 3.20. The number of nitrogens with one attached hydrogen (secondary N) is 2. The molecule has 0 bridgehead atoms. The minimum atomic E-state index is -0.711. The Balaban J connectivity index is 1.51. The second-order valence-electron chi connectivity index (χ2n) is 5.86. The van der Waals surface area contributed by atoms with Crippen molar-refractivity contribution in [2.75, 3.05) is 0 Å². The van der Waals surface area contributed by atoms with Crippen molar-refractivity contribution < 1.29 is 14.4 Å². The Morgan fingerprint density at radius 1 is 1.30 bits per heavy atom. The minimum Gasteiger partial charge on any atom is -0.382 e. The lowest BCUT2D eigenvalue weighted by Gasteiger charge is -2.15. The van der Waals surface area contributed by atoms with Gasteiger partial charge in [0, 0.05) is 17.5 Å². The summed E-state index contributed by atoms with van der Waals surface area (Å²) < 4.78 is 0. The Bertz CT molecular complexity index is 640. The molecule has 0 unspecified atom stereocenters.